The normalized spacial score (nSPS) is 19.8. The van der Waals surface area contributed by atoms with Crippen molar-refractivity contribution in [1.29, 1.82) is 0 Å². The number of hydrogen-bond donors (Lipinski definition) is 2. The lowest BCUT2D eigenvalue weighted by Gasteiger charge is -2.32. The molecule has 2 aliphatic rings. The summed E-state index contributed by atoms with van der Waals surface area (Å²) in [6, 6.07) is 5.94. The summed E-state index contributed by atoms with van der Waals surface area (Å²) in [5.74, 6) is 0.918. The van der Waals surface area contributed by atoms with E-state index in [4.69, 9.17) is 10.5 Å². The first-order chi connectivity index (χ1) is 10.7. The first-order valence-electron chi connectivity index (χ1n) is 8.48. The van der Waals surface area contributed by atoms with Crippen LogP contribution in [0.1, 0.15) is 12.8 Å². The molecule has 1 aromatic carbocycles. The summed E-state index contributed by atoms with van der Waals surface area (Å²) in [6.45, 7) is 8.77. The van der Waals surface area contributed by atoms with Gasteiger partial charge in [-0.1, -0.05) is 0 Å². The van der Waals surface area contributed by atoms with Gasteiger partial charge in [0.15, 0.2) is 0 Å². The minimum Gasteiger partial charge on any atom is -0.489 e. The summed E-state index contributed by atoms with van der Waals surface area (Å²) < 4.78 is 6.94. The van der Waals surface area contributed by atoms with Crippen molar-refractivity contribution in [3.8, 4) is 5.75 Å². The number of nitrogen functional groups attached to an aromatic ring is 1. The van der Waals surface area contributed by atoms with Gasteiger partial charge >= 0.3 is 0 Å². The maximum atomic E-state index is 5.83. The summed E-state index contributed by atoms with van der Waals surface area (Å²) >= 11 is 0. The van der Waals surface area contributed by atoms with Crippen molar-refractivity contribution in [3.05, 3.63) is 18.2 Å². The van der Waals surface area contributed by atoms with E-state index >= 15 is 0 Å². The van der Waals surface area contributed by atoms with E-state index in [-0.39, 0.29) is 0 Å². The van der Waals surface area contributed by atoms with Crippen molar-refractivity contribution < 1.29 is 9.22 Å². The summed E-state index contributed by atoms with van der Waals surface area (Å²) in [5, 5.41) is 3.60. The SMILES string of the molecule is C[N+]1(CCNCCN2CCOc3cc(N)ccc32)CCCC1. The standard InChI is InChI=1S/C17H29N4O/c1-21(10-2-3-11-21)12-7-19-6-8-20-9-13-22-17-14-15(18)4-5-16(17)20/h4-5,14,19H,2-3,6-13,18H2,1H3/q+1. The maximum absolute atomic E-state index is 5.83. The van der Waals surface area contributed by atoms with Gasteiger partial charge in [0.05, 0.1) is 38.9 Å². The van der Waals surface area contributed by atoms with Crippen LogP contribution in [0.25, 0.3) is 0 Å². The molecule has 2 aliphatic heterocycles. The van der Waals surface area contributed by atoms with Gasteiger partial charge in [-0.05, 0) is 12.1 Å². The number of nitrogens with one attached hydrogen (secondary N) is 1. The number of likely N-dealkylation sites (N-methyl/N-ethyl adjacent to an activating group) is 1. The second kappa shape index (κ2) is 6.75. The second-order valence-electron chi connectivity index (χ2n) is 6.81. The number of rotatable bonds is 6. The lowest BCUT2D eigenvalue weighted by atomic mass is 10.2. The lowest BCUT2D eigenvalue weighted by molar-refractivity contribution is -0.896. The fourth-order valence-electron chi connectivity index (χ4n) is 3.54. The Bertz CT molecular complexity index is 499. The number of hydrogen-bond acceptors (Lipinski definition) is 4. The Kier molecular flexibility index (Phi) is 4.74. The highest BCUT2D eigenvalue weighted by Crippen LogP contribution is 2.32. The Morgan fingerprint density at radius 2 is 2.09 bits per heavy atom. The van der Waals surface area contributed by atoms with Crippen molar-refractivity contribution in [2.75, 3.05) is 70.1 Å². The molecule has 1 aromatic rings. The number of nitrogens with two attached hydrogens (primary N) is 1. The number of fused-ring (bicyclic) bond motifs is 1. The van der Waals surface area contributed by atoms with Crippen LogP contribution in [0.3, 0.4) is 0 Å². The maximum Gasteiger partial charge on any atom is 0.144 e. The highest BCUT2D eigenvalue weighted by molar-refractivity contribution is 5.65. The molecule has 0 spiro atoms. The molecular formula is C17H29N4O+. The molecule has 5 heteroatoms. The van der Waals surface area contributed by atoms with Crippen LogP contribution in [0.4, 0.5) is 11.4 Å². The first kappa shape index (κ1) is 15.4. The predicted molar refractivity (Wildman–Crippen MR) is 91.5 cm³/mol. The largest absolute Gasteiger partial charge is 0.489 e. The monoisotopic (exact) mass is 305 g/mol. The summed E-state index contributed by atoms with van der Waals surface area (Å²) in [7, 11) is 2.39. The van der Waals surface area contributed by atoms with Gasteiger partial charge in [0, 0.05) is 44.2 Å². The smallest absolute Gasteiger partial charge is 0.144 e. The molecule has 5 nitrogen and oxygen atoms in total. The van der Waals surface area contributed by atoms with Crippen LogP contribution in [0, 0.1) is 0 Å². The van der Waals surface area contributed by atoms with Gasteiger partial charge < -0.3 is 25.2 Å². The number of anilines is 2. The molecule has 0 aromatic heterocycles. The Morgan fingerprint density at radius 1 is 1.27 bits per heavy atom. The summed E-state index contributed by atoms with van der Waals surface area (Å²) in [6.07, 6.45) is 2.79. The van der Waals surface area contributed by atoms with E-state index in [1.165, 1.54) is 42.6 Å². The Hall–Kier alpha value is -1.46. The van der Waals surface area contributed by atoms with E-state index in [0.717, 1.165) is 44.2 Å². The second-order valence-corrected chi connectivity index (χ2v) is 6.81. The van der Waals surface area contributed by atoms with E-state index in [1.54, 1.807) is 0 Å². The highest BCUT2D eigenvalue weighted by atomic mass is 16.5. The average Bonchev–Trinajstić information content (AvgIpc) is 2.93. The molecule has 1 fully saturated rings. The Balaban J connectivity index is 1.43. The zero-order valence-electron chi connectivity index (χ0n) is 13.7. The van der Waals surface area contributed by atoms with E-state index in [0.29, 0.717) is 0 Å². The Morgan fingerprint density at radius 3 is 2.91 bits per heavy atom. The number of benzene rings is 1. The number of likely N-dealkylation sites (tertiary alicyclic amines) is 1. The van der Waals surface area contributed by atoms with Crippen LogP contribution < -0.4 is 20.7 Å². The number of ether oxygens (including phenoxy) is 1. The van der Waals surface area contributed by atoms with Gasteiger partial charge in [0.1, 0.15) is 12.4 Å². The molecule has 0 aliphatic carbocycles. The molecule has 0 amide bonds. The zero-order valence-corrected chi connectivity index (χ0v) is 13.7. The van der Waals surface area contributed by atoms with Crippen LogP contribution in [-0.4, -0.2) is 64.0 Å². The van der Waals surface area contributed by atoms with Gasteiger partial charge in [0.25, 0.3) is 0 Å². The minimum absolute atomic E-state index is 0.741. The number of nitrogens with zero attached hydrogens (tertiary/aromatic N) is 2. The third kappa shape index (κ3) is 3.65. The van der Waals surface area contributed by atoms with Gasteiger partial charge in [-0.2, -0.15) is 0 Å². The van der Waals surface area contributed by atoms with Gasteiger partial charge in [-0.15, -0.1) is 0 Å². The van der Waals surface area contributed by atoms with E-state index in [1.807, 2.05) is 12.1 Å². The summed E-state index contributed by atoms with van der Waals surface area (Å²) in [4.78, 5) is 2.39. The summed E-state index contributed by atoms with van der Waals surface area (Å²) in [5.41, 5.74) is 7.76. The predicted octanol–water partition coefficient (Wildman–Crippen LogP) is 1.30. The third-order valence-corrected chi connectivity index (χ3v) is 4.98. The number of quaternary nitrogens is 1. The van der Waals surface area contributed by atoms with Crippen LogP contribution in [0.15, 0.2) is 18.2 Å². The van der Waals surface area contributed by atoms with Crippen molar-refractivity contribution in [3.63, 3.8) is 0 Å². The van der Waals surface area contributed by atoms with Gasteiger partial charge in [0.2, 0.25) is 0 Å². The molecule has 22 heavy (non-hydrogen) atoms. The minimum atomic E-state index is 0.741. The molecular weight excluding hydrogens is 276 g/mol. The molecule has 122 valence electrons. The zero-order chi connectivity index (χ0) is 15.4. The van der Waals surface area contributed by atoms with Crippen LogP contribution in [-0.2, 0) is 0 Å². The topological polar surface area (TPSA) is 50.5 Å². The molecule has 0 radical (unpaired) electrons. The van der Waals surface area contributed by atoms with E-state index < -0.39 is 0 Å². The average molecular weight is 305 g/mol. The quantitative estimate of drug-likeness (QED) is 0.472. The molecule has 1 saturated heterocycles. The van der Waals surface area contributed by atoms with Gasteiger partial charge in [-0.25, -0.2) is 0 Å². The molecule has 2 heterocycles. The van der Waals surface area contributed by atoms with Crippen molar-refractivity contribution >= 4 is 11.4 Å². The molecule has 0 bridgehead atoms. The van der Waals surface area contributed by atoms with Crippen molar-refractivity contribution in [2.45, 2.75) is 12.8 Å². The lowest BCUT2D eigenvalue weighted by Crippen LogP contribution is -2.46. The van der Waals surface area contributed by atoms with Crippen molar-refractivity contribution in [2.24, 2.45) is 0 Å². The van der Waals surface area contributed by atoms with Crippen molar-refractivity contribution in [1.82, 2.24) is 5.32 Å². The molecule has 0 atom stereocenters. The van der Waals surface area contributed by atoms with Crippen LogP contribution >= 0.6 is 0 Å². The fraction of sp³-hybridized carbons (Fsp3) is 0.647. The molecule has 0 unspecified atom stereocenters. The third-order valence-electron chi connectivity index (χ3n) is 4.98. The van der Waals surface area contributed by atoms with Crippen LogP contribution in [0.5, 0.6) is 5.75 Å². The first-order valence-corrected chi connectivity index (χ1v) is 8.48. The molecule has 3 rings (SSSR count). The Labute approximate surface area is 133 Å². The highest BCUT2D eigenvalue weighted by Gasteiger charge is 2.25. The fourth-order valence-corrected chi connectivity index (χ4v) is 3.54. The van der Waals surface area contributed by atoms with Gasteiger partial charge in [-0.3, -0.25) is 0 Å². The van der Waals surface area contributed by atoms with E-state index in [2.05, 4.69) is 23.3 Å². The van der Waals surface area contributed by atoms with E-state index in [9.17, 15) is 0 Å². The van der Waals surface area contributed by atoms with Crippen LogP contribution in [0.2, 0.25) is 0 Å². The molecule has 3 N–H and O–H groups in total. The molecule has 0 saturated carbocycles.